The van der Waals surface area contributed by atoms with Crippen LogP contribution in [-0.2, 0) is 0 Å². The van der Waals surface area contributed by atoms with Gasteiger partial charge in [0.05, 0.1) is 24.9 Å². The molecule has 0 aromatic heterocycles. The first kappa shape index (κ1) is 8.89. The van der Waals surface area contributed by atoms with Crippen molar-refractivity contribution < 1.29 is 15.3 Å². The Labute approximate surface area is 64.8 Å². The fourth-order valence-corrected chi connectivity index (χ4v) is 1.21. The van der Waals surface area contributed by atoms with E-state index in [1.54, 1.807) is 0 Å². The smallest absolute Gasteiger partial charge is 0.0978 e. The molecule has 66 valence electrons. The number of hydrogen-bond donors (Lipinski definition) is 5. The van der Waals surface area contributed by atoms with Crippen LogP contribution < -0.4 is 11.1 Å². The third-order valence-electron chi connectivity index (χ3n) is 2.04. The molecule has 0 aliphatic carbocycles. The summed E-state index contributed by atoms with van der Waals surface area (Å²) in [5.41, 5.74) is 5.49. The molecular formula is C6H14N2O3. The fourth-order valence-electron chi connectivity index (χ4n) is 1.21. The third-order valence-corrected chi connectivity index (χ3v) is 2.04. The zero-order valence-electron chi connectivity index (χ0n) is 6.14. The van der Waals surface area contributed by atoms with E-state index in [1.165, 1.54) is 0 Å². The van der Waals surface area contributed by atoms with E-state index in [2.05, 4.69) is 5.32 Å². The van der Waals surface area contributed by atoms with Gasteiger partial charge < -0.3 is 26.4 Å². The van der Waals surface area contributed by atoms with E-state index in [4.69, 9.17) is 15.9 Å². The van der Waals surface area contributed by atoms with Gasteiger partial charge in [-0.1, -0.05) is 0 Å². The van der Waals surface area contributed by atoms with Crippen LogP contribution in [0, 0.1) is 0 Å². The SMILES string of the molecule is N[C@@H]1[C@@H](O)[C@@H](O)CN[C@H]1CO. The minimum atomic E-state index is -0.937. The maximum absolute atomic E-state index is 9.22. The van der Waals surface area contributed by atoms with Crippen LogP contribution in [0.25, 0.3) is 0 Å². The Hall–Kier alpha value is -0.200. The van der Waals surface area contributed by atoms with E-state index in [0.29, 0.717) is 0 Å². The average Bonchev–Trinajstić information content (AvgIpc) is 2.01. The van der Waals surface area contributed by atoms with E-state index in [9.17, 15) is 5.11 Å². The fraction of sp³-hybridized carbons (Fsp3) is 1.00. The van der Waals surface area contributed by atoms with Crippen LogP contribution in [-0.4, -0.2) is 52.8 Å². The lowest BCUT2D eigenvalue weighted by Crippen LogP contribution is -2.64. The topological polar surface area (TPSA) is 98.7 Å². The van der Waals surface area contributed by atoms with Gasteiger partial charge in [-0.15, -0.1) is 0 Å². The van der Waals surface area contributed by atoms with Crippen molar-refractivity contribution in [3.8, 4) is 0 Å². The molecule has 1 aliphatic heterocycles. The van der Waals surface area contributed by atoms with Crippen LogP contribution >= 0.6 is 0 Å². The Morgan fingerprint density at radius 1 is 1.45 bits per heavy atom. The summed E-state index contributed by atoms with van der Waals surface area (Å²) in [7, 11) is 0. The second-order valence-corrected chi connectivity index (χ2v) is 2.83. The molecule has 1 fully saturated rings. The molecule has 5 heteroatoms. The van der Waals surface area contributed by atoms with E-state index >= 15 is 0 Å². The standard InChI is InChI=1S/C6H14N2O3/c7-5-3(2-9)8-1-4(10)6(5)11/h3-6,8-11H,1-2,7H2/t3-,4-,5-,6-/m0/s1. The predicted octanol–water partition coefficient (Wildman–Crippen LogP) is -3.00. The minimum Gasteiger partial charge on any atom is -0.395 e. The van der Waals surface area contributed by atoms with E-state index in [0.717, 1.165) is 0 Å². The Morgan fingerprint density at radius 2 is 2.09 bits per heavy atom. The number of aliphatic hydroxyl groups excluding tert-OH is 3. The van der Waals surface area contributed by atoms with Gasteiger partial charge in [-0.2, -0.15) is 0 Å². The number of β-amino-alcohol motifs (C(OH)–C–C–N with tert-alkyl or cyclic N) is 1. The van der Waals surface area contributed by atoms with Crippen molar-refractivity contribution >= 4 is 0 Å². The highest BCUT2D eigenvalue weighted by Gasteiger charge is 2.34. The van der Waals surface area contributed by atoms with Gasteiger partial charge in [-0.25, -0.2) is 0 Å². The summed E-state index contributed by atoms with van der Waals surface area (Å²) in [6, 6.07) is -0.905. The van der Waals surface area contributed by atoms with Crippen molar-refractivity contribution in [2.45, 2.75) is 24.3 Å². The van der Waals surface area contributed by atoms with Crippen LogP contribution in [0.15, 0.2) is 0 Å². The Kier molecular flexibility index (Phi) is 2.80. The van der Waals surface area contributed by atoms with Gasteiger partial charge in [0, 0.05) is 12.6 Å². The summed E-state index contributed by atoms with van der Waals surface area (Å²) in [4.78, 5) is 0. The van der Waals surface area contributed by atoms with Crippen LogP contribution in [0.5, 0.6) is 0 Å². The first-order valence-corrected chi connectivity index (χ1v) is 3.62. The molecule has 0 spiro atoms. The highest BCUT2D eigenvalue weighted by atomic mass is 16.3. The molecule has 11 heavy (non-hydrogen) atoms. The number of rotatable bonds is 1. The van der Waals surface area contributed by atoms with E-state index in [-0.39, 0.29) is 19.2 Å². The molecule has 1 rings (SSSR count). The van der Waals surface area contributed by atoms with Gasteiger partial charge in [0.2, 0.25) is 0 Å². The maximum atomic E-state index is 9.22. The lowest BCUT2D eigenvalue weighted by atomic mass is 9.95. The van der Waals surface area contributed by atoms with Crippen LogP contribution in [0.4, 0.5) is 0 Å². The molecular weight excluding hydrogens is 148 g/mol. The largest absolute Gasteiger partial charge is 0.395 e. The highest BCUT2D eigenvalue weighted by Crippen LogP contribution is 2.07. The normalized spacial score (nSPS) is 45.8. The molecule has 0 aromatic rings. The lowest BCUT2D eigenvalue weighted by Gasteiger charge is -2.35. The zero-order chi connectivity index (χ0) is 8.43. The monoisotopic (exact) mass is 162 g/mol. The maximum Gasteiger partial charge on any atom is 0.0978 e. The first-order chi connectivity index (χ1) is 5.16. The summed E-state index contributed by atoms with van der Waals surface area (Å²) in [6.07, 6.45) is -1.76. The van der Waals surface area contributed by atoms with Crippen molar-refractivity contribution in [1.29, 1.82) is 0 Å². The number of piperidine rings is 1. The number of nitrogens with two attached hydrogens (primary N) is 1. The molecule has 0 aromatic carbocycles. The van der Waals surface area contributed by atoms with Gasteiger partial charge in [-0.3, -0.25) is 0 Å². The lowest BCUT2D eigenvalue weighted by molar-refractivity contribution is -0.0320. The molecule has 0 radical (unpaired) electrons. The molecule has 4 atom stereocenters. The van der Waals surface area contributed by atoms with Gasteiger partial charge in [0.25, 0.3) is 0 Å². The number of hydrogen-bond acceptors (Lipinski definition) is 5. The number of aliphatic hydroxyl groups is 3. The van der Waals surface area contributed by atoms with E-state index < -0.39 is 18.2 Å². The molecule has 0 saturated carbocycles. The molecule has 6 N–H and O–H groups in total. The molecule has 5 nitrogen and oxygen atoms in total. The predicted molar refractivity (Wildman–Crippen MR) is 38.9 cm³/mol. The van der Waals surface area contributed by atoms with Gasteiger partial charge in [0.15, 0.2) is 0 Å². The van der Waals surface area contributed by atoms with Gasteiger partial charge >= 0.3 is 0 Å². The van der Waals surface area contributed by atoms with Crippen molar-refractivity contribution in [3.05, 3.63) is 0 Å². The Bertz CT molecular complexity index is 131. The molecule has 0 amide bonds. The summed E-state index contributed by atoms with van der Waals surface area (Å²) in [5, 5.41) is 29.9. The summed E-state index contributed by atoms with van der Waals surface area (Å²) in [6.45, 7) is 0.158. The third kappa shape index (κ3) is 1.69. The van der Waals surface area contributed by atoms with Crippen LogP contribution in [0.2, 0.25) is 0 Å². The summed E-state index contributed by atoms with van der Waals surface area (Å²) < 4.78 is 0. The van der Waals surface area contributed by atoms with Crippen molar-refractivity contribution in [2.24, 2.45) is 5.73 Å². The second kappa shape index (κ2) is 3.46. The summed E-state index contributed by atoms with van der Waals surface area (Å²) >= 11 is 0. The first-order valence-electron chi connectivity index (χ1n) is 3.62. The van der Waals surface area contributed by atoms with Crippen LogP contribution in [0.3, 0.4) is 0 Å². The van der Waals surface area contributed by atoms with Crippen molar-refractivity contribution in [1.82, 2.24) is 5.32 Å². The average molecular weight is 162 g/mol. The molecule has 1 saturated heterocycles. The highest BCUT2D eigenvalue weighted by molar-refractivity contribution is 4.94. The Morgan fingerprint density at radius 3 is 2.64 bits per heavy atom. The molecule has 0 unspecified atom stereocenters. The molecule has 1 aliphatic rings. The van der Waals surface area contributed by atoms with Crippen molar-refractivity contribution in [2.75, 3.05) is 13.2 Å². The van der Waals surface area contributed by atoms with Gasteiger partial charge in [-0.05, 0) is 0 Å². The van der Waals surface area contributed by atoms with Crippen molar-refractivity contribution in [3.63, 3.8) is 0 Å². The molecule has 1 heterocycles. The zero-order valence-corrected chi connectivity index (χ0v) is 6.14. The van der Waals surface area contributed by atoms with E-state index in [1.807, 2.05) is 0 Å². The second-order valence-electron chi connectivity index (χ2n) is 2.83. The van der Waals surface area contributed by atoms with Gasteiger partial charge in [0.1, 0.15) is 0 Å². The van der Waals surface area contributed by atoms with Crippen LogP contribution in [0.1, 0.15) is 0 Å². The number of nitrogens with one attached hydrogen (secondary N) is 1. The molecule has 0 bridgehead atoms. The minimum absolute atomic E-state index is 0.120. The Balaban J connectivity index is 2.52. The quantitative estimate of drug-likeness (QED) is 0.283. The summed E-state index contributed by atoms with van der Waals surface area (Å²) in [5.74, 6) is 0.